The minimum Gasteiger partial charge on any atom is -0.390 e. The SMILES string of the molecule is CNc1ncc(S(=O)(=O)N2CCCC(C)(O)CC2)cc1Cl. The minimum absolute atomic E-state index is 0.0769. The van der Waals surface area contributed by atoms with Crippen LogP contribution in [0.1, 0.15) is 26.2 Å². The number of hydrogen-bond acceptors (Lipinski definition) is 5. The second-order valence-corrected chi connectivity index (χ2v) is 7.85. The van der Waals surface area contributed by atoms with Crippen LogP contribution in [-0.4, -0.2) is 48.6 Å². The van der Waals surface area contributed by atoms with Crippen LogP contribution in [0.3, 0.4) is 0 Å². The third-order valence-electron chi connectivity index (χ3n) is 3.71. The Kier molecular flexibility index (Phi) is 4.77. The minimum atomic E-state index is -3.64. The number of hydrogen-bond donors (Lipinski definition) is 2. The fourth-order valence-corrected chi connectivity index (χ4v) is 4.15. The lowest BCUT2D eigenvalue weighted by atomic mass is 9.98. The third kappa shape index (κ3) is 3.66. The molecule has 0 spiro atoms. The summed E-state index contributed by atoms with van der Waals surface area (Å²) in [6.07, 6.45) is 2.94. The first-order chi connectivity index (χ1) is 9.76. The summed E-state index contributed by atoms with van der Waals surface area (Å²) in [6, 6.07) is 1.40. The van der Waals surface area contributed by atoms with Crippen molar-refractivity contribution in [3.63, 3.8) is 0 Å². The number of rotatable bonds is 3. The molecule has 0 radical (unpaired) electrons. The highest BCUT2D eigenvalue weighted by molar-refractivity contribution is 7.89. The van der Waals surface area contributed by atoms with Crippen molar-refractivity contribution >= 4 is 27.4 Å². The topological polar surface area (TPSA) is 82.5 Å². The number of nitrogens with one attached hydrogen (secondary N) is 1. The molecule has 1 atom stereocenters. The molecule has 1 unspecified atom stereocenters. The Hall–Kier alpha value is -0.890. The number of sulfonamides is 1. The van der Waals surface area contributed by atoms with Gasteiger partial charge in [0.1, 0.15) is 10.7 Å². The smallest absolute Gasteiger partial charge is 0.244 e. The second kappa shape index (κ2) is 6.08. The summed E-state index contributed by atoms with van der Waals surface area (Å²) in [6.45, 7) is 2.42. The van der Waals surface area contributed by atoms with Crippen molar-refractivity contribution in [1.82, 2.24) is 9.29 Å². The molecule has 1 fully saturated rings. The van der Waals surface area contributed by atoms with Gasteiger partial charge in [-0.25, -0.2) is 13.4 Å². The zero-order valence-corrected chi connectivity index (χ0v) is 13.7. The second-order valence-electron chi connectivity index (χ2n) is 5.51. The molecule has 1 aromatic rings. The lowest BCUT2D eigenvalue weighted by Gasteiger charge is -2.22. The summed E-state index contributed by atoms with van der Waals surface area (Å²) in [4.78, 5) is 4.09. The largest absolute Gasteiger partial charge is 0.390 e. The Morgan fingerprint density at radius 3 is 2.76 bits per heavy atom. The standard InChI is InChI=1S/C13H20ClN3O3S/c1-13(18)4-3-6-17(7-5-13)21(19,20)10-8-11(14)12(15-2)16-9-10/h8-9,18H,3-7H2,1-2H3,(H,15,16). The maximum atomic E-state index is 12.6. The van der Waals surface area contributed by atoms with Crippen LogP contribution in [0.5, 0.6) is 0 Å². The lowest BCUT2D eigenvalue weighted by Crippen LogP contribution is -2.33. The maximum Gasteiger partial charge on any atom is 0.244 e. The molecule has 1 aliphatic heterocycles. The fraction of sp³-hybridized carbons (Fsp3) is 0.615. The van der Waals surface area contributed by atoms with Crippen molar-refractivity contribution < 1.29 is 13.5 Å². The molecule has 21 heavy (non-hydrogen) atoms. The van der Waals surface area contributed by atoms with E-state index in [1.54, 1.807) is 14.0 Å². The van der Waals surface area contributed by atoms with E-state index in [0.29, 0.717) is 38.2 Å². The van der Waals surface area contributed by atoms with Crippen LogP contribution < -0.4 is 5.32 Å². The average molecular weight is 334 g/mol. The van der Waals surface area contributed by atoms with Gasteiger partial charge in [0.25, 0.3) is 0 Å². The van der Waals surface area contributed by atoms with Crippen molar-refractivity contribution in [1.29, 1.82) is 0 Å². The number of aromatic nitrogens is 1. The van der Waals surface area contributed by atoms with Crippen LogP contribution in [0.4, 0.5) is 5.82 Å². The normalized spacial score (nSPS) is 24.6. The van der Waals surface area contributed by atoms with Crippen LogP contribution in [0.2, 0.25) is 5.02 Å². The van der Waals surface area contributed by atoms with E-state index in [2.05, 4.69) is 10.3 Å². The molecule has 0 amide bonds. The molecule has 0 saturated carbocycles. The first kappa shape index (κ1) is 16.5. The van der Waals surface area contributed by atoms with E-state index in [0.717, 1.165) is 0 Å². The molecule has 2 rings (SSSR count). The predicted octanol–water partition coefficient (Wildman–Crippen LogP) is 1.70. The van der Waals surface area contributed by atoms with Gasteiger partial charge in [0.2, 0.25) is 10.0 Å². The molecule has 1 saturated heterocycles. The van der Waals surface area contributed by atoms with Gasteiger partial charge in [0.15, 0.2) is 0 Å². The van der Waals surface area contributed by atoms with Crippen molar-refractivity contribution in [3.05, 3.63) is 17.3 Å². The van der Waals surface area contributed by atoms with Gasteiger partial charge in [-0.2, -0.15) is 4.31 Å². The van der Waals surface area contributed by atoms with E-state index in [1.165, 1.54) is 16.6 Å². The Morgan fingerprint density at radius 2 is 2.14 bits per heavy atom. The van der Waals surface area contributed by atoms with E-state index < -0.39 is 15.6 Å². The van der Waals surface area contributed by atoms with Crippen molar-refractivity contribution in [3.8, 4) is 0 Å². The molecule has 118 valence electrons. The van der Waals surface area contributed by atoms with Gasteiger partial charge in [-0.1, -0.05) is 11.6 Å². The van der Waals surface area contributed by atoms with Crippen LogP contribution in [0, 0.1) is 0 Å². The van der Waals surface area contributed by atoms with Crippen LogP contribution in [0.15, 0.2) is 17.2 Å². The van der Waals surface area contributed by atoms with Crippen LogP contribution in [-0.2, 0) is 10.0 Å². The van der Waals surface area contributed by atoms with Gasteiger partial charge in [0, 0.05) is 26.3 Å². The molecule has 8 heteroatoms. The predicted molar refractivity (Wildman–Crippen MR) is 82.0 cm³/mol. The summed E-state index contributed by atoms with van der Waals surface area (Å²) in [5.74, 6) is 0.439. The highest BCUT2D eigenvalue weighted by atomic mass is 35.5. The molecule has 1 aromatic heterocycles. The highest BCUT2D eigenvalue weighted by Crippen LogP contribution is 2.28. The van der Waals surface area contributed by atoms with Crippen molar-refractivity contribution in [2.75, 3.05) is 25.5 Å². The molecule has 0 bridgehead atoms. The van der Waals surface area contributed by atoms with Gasteiger partial charge in [-0.3, -0.25) is 0 Å². The first-order valence-corrected chi connectivity index (χ1v) is 8.64. The van der Waals surface area contributed by atoms with Gasteiger partial charge in [0.05, 0.1) is 10.6 Å². The van der Waals surface area contributed by atoms with Crippen LogP contribution >= 0.6 is 11.6 Å². The number of halogens is 1. The molecule has 6 nitrogen and oxygen atoms in total. The van der Waals surface area contributed by atoms with Gasteiger partial charge < -0.3 is 10.4 Å². The molecular weight excluding hydrogens is 314 g/mol. The summed E-state index contributed by atoms with van der Waals surface area (Å²) < 4.78 is 26.6. The van der Waals surface area contributed by atoms with Crippen LogP contribution in [0.25, 0.3) is 0 Å². The summed E-state index contributed by atoms with van der Waals surface area (Å²) in [5.41, 5.74) is -0.809. The molecular formula is C13H20ClN3O3S. The Labute approximate surface area is 130 Å². The van der Waals surface area contributed by atoms with Gasteiger partial charge in [-0.15, -0.1) is 0 Å². The molecule has 1 aliphatic rings. The van der Waals surface area contributed by atoms with E-state index in [1.807, 2.05) is 0 Å². The van der Waals surface area contributed by atoms with Gasteiger partial charge >= 0.3 is 0 Å². The number of pyridine rings is 1. The summed E-state index contributed by atoms with van der Waals surface area (Å²) >= 11 is 6.00. The monoisotopic (exact) mass is 333 g/mol. The quantitative estimate of drug-likeness (QED) is 0.879. The van der Waals surface area contributed by atoms with E-state index in [4.69, 9.17) is 11.6 Å². The maximum absolute atomic E-state index is 12.6. The Morgan fingerprint density at radius 1 is 1.43 bits per heavy atom. The van der Waals surface area contributed by atoms with E-state index >= 15 is 0 Å². The lowest BCUT2D eigenvalue weighted by molar-refractivity contribution is 0.0465. The van der Waals surface area contributed by atoms with Gasteiger partial charge in [-0.05, 0) is 32.3 Å². The Bertz CT molecular complexity index is 619. The molecule has 0 aliphatic carbocycles. The molecule has 2 N–H and O–H groups in total. The van der Waals surface area contributed by atoms with E-state index in [-0.39, 0.29) is 9.92 Å². The fourth-order valence-electron chi connectivity index (χ4n) is 2.37. The highest BCUT2D eigenvalue weighted by Gasteiger charge is 2.31. The summed E-state index contributed by atoms with van der Waals surface area (Å²) in [5, 5.41) is 13.1. The zero-order chi connectivity index (χ0) is 15.7. The number of anilines is 1. The zero-order valence-electron chi connectivity index (χ0n) is 12.1. The van der Waals surface area contributed by atoms with Crippen molar-refractivity contribution in [2.45, 2.75) is 36.7 Å². The average Bonchev–Trinajstić information content (AvgIpc) is 2.60. The molecule has 2 heterocycles. The Balaban J connectivity index is 2.27. The first-order valence-electron chi connectivity index (χ1n) is 6.82. The summed E-state index contributed by atoms with van der Waals surface area (Å²) in [7, 11) is -1.97. The number of aliphatic hydroxyl groups is 1. The third-order valence-corrected chi connectivity index (χ3v) is 5.87. The van der Waals surface area contributed by atoms with E-state index in [9.17, 15) is 13.5 Å². The number of nitrogens with zero attached hydrogens (tertiary/aromatic N) is 2. The molecule has 0 aromatic carbocycles. The van der Waals surface area contributed by atoms with Crippen molar-refractivity contribution in [2.24, 2.45) is 0 Å².